The van der Waals surface area contributed by atoms with Gasteiger partial charge in [0.1, 0.15) is 6.54 Å². The number of hydrogen-bond donors (Lipinski definition) is 1. The number of carbonyl (C=O) groups excluding carboxylic acids is 1. The van der Waals surface area contributed by atoms with Gasteiger partial charge in [-0.2, -0.15) is 5.10 Å². The first-order chi connectivity index (χ1) is 9.47. The summed E-state index contributed by atoms with van der Waals surface area (Å²) in [6.07, 6.45) is 4.32. The predicted molar refractivity (Wildman–Crippen MR) is 77.7 cm³/mol. The molecule has 1 N–H and O–H groups in total. The number of methoxy groups -OCH3 is 1. The Kier molecular flexibility index (Phi) is 4.48. The lowest BCUT2D eigenvalue weighted by atomic mass is 9.99. The minimum absolute atomic E-state index is 0.0227. The Balaban J connectivity index is 2.02. The van der Waals surface area contributed by atoms with Crippen molar-refractivity contribution in [1.29, 1.82) is 0 Å². The van der Waals surface area contributed by atoms with E-state index in [-0.39, 0.29) is 18.0 Å². The van der Waals surface area contributed by atoms with Crippen molar-refractivity contribution in [2.45, 2.75) is 58.5 Å². The normalized spacial score (nSPS) is 17.4. The van der Waals surface area contributed by atoms with Gasteiger partial charge in [0.25, 0.3) is 0 Å². The van der Waals surface area contributed by atoms with Crippen molar-refractivity contribution in [1.82, 2.24) is 15.1 Å². The molecule has 0 atom stereocenters. The van der Waals surface area contributed by atoms with Crippen molar-refractivity contribution in [3.05, 3.63) is 17.0 Å². The molecule has 1 aromatic rings. The summed E-state index contributed by atoms with van der Waals surface area (Å²) >= 11 is 0. The summed E-state index contributed by atoms with van der Waals surface area (Å²) in [4.78, 5) is 12.3. The molecule has 1 heterocycles. The smallest absolute Gasteiger partial charge is 0.242 e. The molecule has 0 aliphatic heterocycles. The summed E-state index contributed by atoms with van der Waals surface area (Å²) in [5.74, 6) is 0.0227. The minimum Gasteiger partial charge on any atom is -0.382 e. The molecule has 1 saturated carbocycles. The maximum atomic E-state index is 12.3. The average Bonchev–Trinajstić information content (AvgIpc) is 2.92. The van der Waals surface area contributed by atoms with Gasteiger partial charge in [-0.1, -0.05) is 12.8 Å². The number of nitrogens with zero attached hydrogens (tertiary/aromatic N) is 2. The van der Waals surface area contributed by atoms with E-state index in [1.807, 2.05) is 20.8 Å². The van der Waals surface area contributed by atoms with E-state index in [4.69, 9.17) is 4.74 Å². The summed E-state index contributed by atoms with van der Waals surface area (Å²) in [5.41, 5.74) is 3.04. The zero-order valence-electron chi connectivity index (χ0n) is 13.0. The van der Waals surface area contributed by atoms with Crippen molar-refractivity contribution in [3.8, 4) is 0 Å². The van der Waals surface area contributed by atoms with Crippen LogP contribution in [0.5, 0.6) is 0 Å². The molecule has 1 aliphatic carbocycles. The van der Waals surface area contributed by atoms with Crippen molar-refractivity contribution in [3.63, 3.8) is 0 Å². The van der Waals surface area contributed by atoms with E-state index >= 15 is 0 Å². The number of hydrogen-bond acceptors (Lipinski definition) is 3. The van der Waals surface area contributed by atoms with E-state index < -0.39 is 0 Å². The Labute approximate surface area is 120 Å². The van der Waals surface area contributed by atoms with Gasteiger partial charge in [0.15, 0.2) is 0 Å². The number of amides is 1. The lowest BCUT2D eigenvalue weighted by molar-refractivity contribution is -0.124. The maximum absolute atomic E-state index is 12.3. The molecule has 20 heavy (non-hydrogen) atoms. The molecule has 0 spiro atoms. The Hall–Kier alpha value is -1.36. The molecule has 0 bridgehead atoms. The van der Waals surface area contributed by atoms with Crippen LogP contribution < -0.4 is 5.32 Å². The van der Waals surface area contributed by atoms with Gasteiger partial charge in [0, 0.05) is 12.8 Å². The molecule has 0 saturated heterocycles. The van der Waals surface area contributed by atoms with Crippen molar-refractivity contribution < 1.29 is 9.53 Å². The van der Waals surface area contributed by atoms with Gasteiger partial charge >= 0.3 is 0 Å². The first-order valence-corrected chi connectivity index (χ1v) is 7.28. The number of nitrogens with one attached hydrogen (secondary N) is 1. The zero-order chi connectivity index (χ0) is 14.8. The number of aromatic nitrogens is 2. The van der Waals surface area contributed by atoms with Gasteiger partial charge in [0.05, 0.1) is 17.8 Å². The predicted octanol–water partition coefficient (Wildman–Crippen LogP) is 1.88. The Morgan fingerprint density at radius 2 is 2.00 bits per heavy atom. The quantitative estimate of drug-likeness (QED) is 0.895. The van der Waals surface area contributed by atoms with Crippen LogP contribution in [0.25, 0.3) is 0 Å². The number of ether oxygens (including phenoxy) is 1. The Bertz CT molecular complexity index is 488. The molecule has 0 radical (unpaired) electrons. The van der Waals surface area contributed by atoms with Gasteiger partial charge in [-0.15, -0.1) is 0 Å². The van der Waals surface area contributed by atoms with Crippen LogP contribution in [0, 0.1) is 20.8 Å². The molecule has 1 amide bonds. The number of carbonyl (C=O) groups is 1. The second-order valence-corrected chi connectivity index (χ2v) is 5.92. The molecule has 5 nitrogen and oxygen atoms in total. The van der Waals surface area contributed by atoms with Crippen molar-refractivity contribution >= 4 is 5.91 Å². The summed E-state index contributed by atoms with van der Waals surface area (Å²) in [6.45, 7) is 6.89. The highest BCUT2D eigenvalue weighted by Crippen LogP contribution is 2.29. The molecule has 1 aliphatic rings. The first kappa shape index (κ1) is 15.0. The summed E-state index contributed by atoms with van der Waals surface area (Å²) in [5, 5.41) is 7.59. The van der Waals surface area contributed by atoms with E-state index in [1.54, 1.807) is 11.8 Å². The fourth-order valence-corrected chi connectivity index (χ4v) is 3.05. The number of rotatable bonds is 5. The fourth-order valence-electron chi connectivity index (χ4n) is 3.05. The van der Waals surface area contributed by atoms with E-state index in [0.717, 1.165) is 42.6 Å². The summed E-state index contributed by atoms with van der Waals surface area (Å²) < 4.78 is 7.08. The molecular weight excluding hydrogens is 254 g/mol. The zero-order valence-corrected chi connectivity index (χ0v) is 13.0. The second-order valence-electron chi connectivity index (χ2n) is 5.92. The molecule has 1 fully saturated rings. The van der Waals surface area contributed by atoms with Crippen LogP contribution >= 0.6 is 0 Å². The van der Waals surface area contributed by atoms with Crippen LogP contribution in [-0.2, 0) is 16.1 Å². The van der Waals surface area contributed by atoms with Crippen molar-refractivity contribution in [2.24, 2.45) is 0 Å². The number of aryl methyl sites for hydroxylation is 1. The third-order valence-electron chi connectivity index (χ3n) is 4.42. The molecule has 5 heteroatoms. The lowest BCUT2D eigenvalue weighted by Gasteiger charge is -2.29. The highest BCUT2D eigenvalue weighted by atomic mass is 16.5. The summed E-state index contributed by atoms with van der Waals surface area (Å²) in [6, 6.07) is 0. The van der Waals surface area contributed by atoms with Crippen LogP contribution in [0.2, 0.25) is 0 Å². The standard InChI is InChI=1S/C15H25N3O2/c1-11-12(2)17-18(13(11)3)9-14(19)16-15(10-20-4)7-5-6-8-15/h5-10H2,1-4H3,(H,16,19). The van der Waals surface area contributed by atoms with E-state index in [1.165, 1.54) is 0 Å². The Morgan fingerprint density at radius 3 is 2.50 bits per heavy atom. The van der Waals surface area contributed by atoms with Crippen LogP contribution in [0.4, 0.5) is 0 Å². The Morgan fingerprint density at radius 1 is 1.35 bits per heavy atom. The molecule has 112 valence electrons. The highest BCUT2D eigenvalue weighted by Gasteiger charge is 2.35. The van der Waals surface area contributed by atoms with E-state index in [9.17, 15) is 4.79 Å². The van der Waals surface area contributed by atoms with Gasteiger partial charge in [-0.3, -0.25) is 9.48 Å². The minimum atomic E-state index is -0.170. The largest absolute Gasteiger partial charge is 0.382 e. The molecular formula is C15H25N3O2. The van der Waals surface area contributed by atoms with Crippen LogP contribution in [0.1, 0.15) is 42.6 Å². The van der Waals surface area contributed by atoms with Crippen LogP contribution in [0.15, 0.2) is 0 Å². The van der Waals surface area contributed by atoms with Gasteiger partial charge in [-0.05, 0) is 39.2 Å². The average molecular weight is 279 g/mol. The molecule has 1 aromatic heterocycles. The highest BCUT2D eigenvalue weighted by molar-refractivity contribution is 5.76. The lowest BCUT2D eigenvalue weighted by Crippen LogP contribution is -2.50. The topological polar surface area (TPSA) is 56.1 Å². The van der Waals surface area contributed by atoms with Crippen LogP contribution in [0.3, 0.4) is 0 Å². The van der Waals surface area contributed by atoms with Gasteiger partial charge in [0.2, 0.25) is 5.91 Å². The maximum Gasteiger partial charge on any atom is 0.242 e. The fraction of sp³-hybridized carbons (Fsp3) is 0.733. The SMILES string of the molecule is COCC1(NC(=O)Cn2nc(C)c(C)c2C)CCCC1. The molecule has 0 aromatic carbocycles. The first-order valence-electron chi connectivity index (χ1n) is 7.28. The van der Waals surface area contributed by atoms with Gasteiger partial charge < -0.3 is 10.1 Å². The molecule has 2 rings (SSSR count). The summed E-state index contributed by atoms with van der Waals surface area (Å²) in [7, 11) is 1.69. The van der Waals surface area contributed by atoms with Gasteiger partial charge in [-0.25, -0.2) is 0 Å². The van der Waals surface area contributed by atoms with E-state index in [2.05, 4.69) is 10.4 Å². The monoisotopic (exact) mass is 279 g/mol. The molecule has 0 unspecified atom stereocenters. The van der Waals surface area contributed by atoms with Crippen molar-refractivity contribution in [2.75, 3.05) is 13.7 Å². The third-order valence-corrected chi connectivity index (χ3v) is 4.42. The van der Waals surface area contributed by atoms with Crippen LogP contribution in [-0.4, -0.2) is 34.9 Å². The second kappa shape index (κ2) is 5.95. The van der Waals surface area contributed by atoms with E-state index in [0.29, 0.717) is 6.61 Å². The third kappa shape index (κ3) is 3.03.